The first-order valence-electron chi connectivity index (χ1n) is 10.3. The molecule has 2 aliphatic heterocycles. The van der Waals surface area contributed by atoms with E-state index >= 15 is 0 Å². The van der Waals surface area contributed by atoms with Crippen molar-refractivity contribution in [3.8, 4) is 5.75 Å². The van der Waals surface area contributed by atoms with Crippen LogP contribution in [0.25, 0.3) is 0 Å². The molecule has 2 aliphatic rings. The summed E-state index contributed by atoms with van der Waals surface area (Å²) in [4.78, 5) is 17.1. The zero-order valence-corrected chi connectivity index (χ0v) is 17.8. The summed E-state index contributed by atoms with van der Waals surface area (Å²) < 4.78 is 5.26. The Hall–Kier alpha value is -2.63. The van der Waals surface area contributed by atoms with Crippen molar-refractivity contribution in [1.29, 1.82) is 0 Å². The summed E-state index contributed by atoms with van der Waals surface area (Å²) in [5.74, 6) is 2.96. The molecule has 154 valence electrons. The number of carbonyl (C=O) groups is 1. The van der Waals surface area contributed by atoms with Crippen LogP contribution in [0.1, 0.15) is 32.0 Å². The smallest absolute Gasteiger partial charge is 0.227 e. The molecule has 0 radical (unpaired) electrons. The van der Waals surface area contributed by atoms with E-state index < -0.39 is 0 Å². The lowest BCUT2D eigenvalue weighted by Crippen LogP contribution is -2.34. The number of anilines is 1. The Kier molecular flexibility index (Phi) is 5.19. The van der Waals surface area contributed by atoms with Crippen LogP contribution in [0.2, 0.25) is 0 Å². The summed E-state index contributed by atoms with van der Waals surface area (Å²) >= 11 is 0. The number of nitrogens with zero attached hydrogens (tertiary/aromatic N) is 4. The van der Waals surface area contributed by atoms with Crippen molar-refractivity contribution < 1.29 is 9.53 Å². The topological polar surface area (TPSA) is 58.6 Å². The molecule has 6 heteroatoms. The van der Waals surface area contributed by atoms with Crippen molar-refractivity contribution in [3.05, 3.63) is 47.7 Å². The summed E-state index contributed by atoms with van der Waals surface area (Å²) in [6.45, 7) is 9.99. The van der Waals surface area contributed by atoms with Crippen molar-refractivity contribution in [3.63, 3.8) is 0 Å². The Morgan fingerprint density at radius 3 is 2.38 bits per heavy atom. The molecule has 2 aromatic rings. The minimum Gasteiger partial charge on any atom is -0.497 e. The van der Waals surface area contributed by atoms with Crippen molar-refractivity contribution in [2.24, 2.45) is 11.8 Å². The molecule has 0 N–H and O–H groups in total. The third kappa shape index (κ3) is 4.21. The number of benzene rings is 1. The molecule has 4 rings (SSSR count). The summed E-state index contributed by atoms with van der Waals surface area (Å²) in [6, 6.07) is 11.9. The van der Waals surface area contributed by atoms with E-state index in [0.717, 1.165) is 49.0 Å². The van der Waals surface area contributed by atoms with Gasteiger partial charge in [0, 0.05) is 43.4 Å². The van der Waals surface area contributed by atoms with E-state index in [9.17, 15) is 4.79 Å². The molecule has 1 amide bonds. The molecular formula is C23H30N4O2. The quantitative estimate of drug-likeness (QED) is 0.798. The largest absolute Gasteiger partial charge is 0.497 e. The van der Waals surface area contributed by atoms with Crippen LogP contribution < -0.4 is 9.64 Å². The fourth-order valence-corrected chi connectivity index (χ4v) is 4.35. The van der Waals surface area contributed by atoms with Crippen molar-refractivity contribution in [1.82, 2.24) is 15.1 Å². The van der Waals surface area contributed by atoms with E-state index in [2.05, 4.69) is 48.0 Å². The summed E-state index contributed by atoms with van der Waals surface area (Å²) in [5, 5.41) is 8.89. The van der Waals surface area contributed by atoms with Gasteiger partial charge in [-0.25, -0.2) is 0 Å². The lowest BCUT2D eigenvalue weighted by Gasteiger charge is -2.23. The predicted octanol–water partition coefficient (Wildman–Crippen LogP) is 2.92. The van der Waals surface area contributed by atoms with Gasteiger partial charge in [0.2, 0.25) is 5.91 Å². The fraction of sp³-hybridized carbons (Fsp3) is 0.522. The van der Waals surface area contributed by atoms with Crippen LogP contribution in [-0.2, 0) is 16.6 Å². The van der Waals surface area contributed by atoms with Gasteiger partial charge in [-0.05, 0) is 29.8 Å². The molecule has 2 fully saturated rings. The Labute approximate surface area is 172 Å². The highest BCUT2D eigenvalue weighted by atomic mass is 16.5. The van der Waals surface area contributed by atoms with Crippen LogP contribution in [0.4, 0.5) is 5.82 Å². The average molecular weight is 395 g/mol. The molecule has 3 heterocycles. The lowest BCUT2D eigenvalue weighted by molar-refractivity contribution is -0.129. The standard InChI is InChI=1S/C23H30N4O2/c1-23(2,3)20-8-9-21(25-24-20)26-12-17-14-27(15-18(17)13-26)22(28)11-16-6-5-7-19(10-16)29-4/h5-10,17-18H,11-15H2,1-4H3. The minimum absolute atomic E-state index is 0.0106. The maximum atomic E-state index is 12.8. The molecular weight excluding hydrogens is 364 g/mol. The first-order chi connectivity index (χ1) is 13.8. The summed E-state index contributed by atoms with van der Waals surface area (Å²) in [7, 11) is 1.65. The number of hydrogen-bond acceptors (Lipinski definition) is 5. The Morgan fingerprint density at radius 1 is 1.07 bits per heavy atom. The Bertz CT molecular complexity index is 861. The second kappa shape index (κ2) is 7.65. The molecule has 2 unspecified atom stereocenters. The van der Waals surface area contributed by atoms with Gasteiger partial charge < -0.3 is 14.5 Å². The number of likely N-dealkylation sites (tertiary alicyclic amines) is 1. The first kappa shape index (κ1) is 19.7. The van der Waals surface area contributed by atoms with Gasteiger partial charge in [-0.3, -0.25) is 4.79 Å². The van der Waals surface area contributed by atoms with Crippen LogP contribution in [-0.4, -0.2) is 54.3 Å². The van der Waals surface area contributed by atoms with Crippen LogP contribution in [0, 0.1) is 11.8 Å². The monoisotopic (exact) mass is 394 g/mol. The molecule has 6 nitrogen and oxygen atoms in total. The maximum absolute atomic E-state index is 12.8. The number of ether oxygens (including phenoxy) is 1. The number of amides is 1. The number of aromatic nitrogens is 2. The second-order valence-electron chi connectivity index (χ2n) is 9.28. The van der Waals surface area contributed by atoms with E-state index in [4.69, 9.17) is 4.74 Å². The van der Waals surface area contributed by atoms with E-state index in [0.29, 0.717) is 18.3 Å². The molecule has 0 saturated carbocycles. The van der Waals surface area contributed by atoms with Gasteiger partial charge >= 0.3 is 0 Å². The average Bonchev–Trinajstić information content (AvgIpc) is 3.27. The number of methoxy groups -OCH3 is 1. The fourth-order valence-electron chi connectivity index (χ4n) is 4.35. The SMILES string of the molecule is COc1cccc(CC(=O)N2CC3CN(c4ccc(C(C)(C)C)nn4)CC3C2)c1. The van der Waals surface area contributed by atoms with E-state index in [-0.39, 0.29) is 11.3 Å². The third-order valence-electron chi connectivity index (χ3n) is 6.07. The van der Waals surface area contributed by atoms with E-state index in [1.54, 1.807) is 7.11 Å². The van der Waals surface area contributed by atoms with Crippen molar-refractivity contribution in [2.75, 3.05) is 38.2 Å². The van der Waals surface area contributed by atoms with Gasteiger partial charge in [0.25, 0.3) is 0 Å². The van der Waals surface area contributed by atoms with Crippen molar-refractivity contribution in [2.45, 2.75) is 32.6 Å². The van der Waals surface area contributed by atoms with Crippen LogP contribution in [0.15, 0.2) is 36.4 Å². The van der Waals surface area contributed by atoms with E-state index in [1.165, 1.54) is 0 Å². The molecule has 1 aromatic carbocycles. The Morgan fingerprint density at radius 2 is 1.79 bits per heavy atom. The summed E-state index contributed by atoms with van der Waals surface area (Å²) in [6.07, 6.45) is 0.431. The van der Waals surface area contributed by atoms with Crippen LogP contribution in [0.5, 0.6) is 5.75 Å². The number of rotatable bonds is 4. The molecule has 29 heavy (non-hydrogen) atoms. The van der Waals surface area contributed by atoms with Gasteiger partial charge in [-0.1, -0.05) is 32.9 Å². The third-order valence-corrected chi connectivity index (χ3v) is 6.07. The highest BCUT2D eigenvalue weighted by molar-refractivity contribution is 5.79. The van der Waals surface area contributed by atoms with Gasteiger partial charge in [0.1, 0.15) is 5.75 Å². The van der Waals surface area contributed by atoms with Gasteiger partial charge in [-0.15, -0.1) is 5.10 Å². The van der Waals surface area contributed by atoms with Crippen LogP contribution >= 0.6 is 0 Å². The normalized spacial score (nSPS) is 21.4. The molecule has 2 saturated heterocycles. The molecule has 1 aromatic heterocycles. The second-order valence-corrected chi connectivity index (χ2v) is 9.28. The first-order valence-corrected chi connectivity index (χ1v) is 10.3. The number of hydrogen-bond donors (Lipinski definition) is 0. The van der Waals surface area contributed by atoms with Crippen LogP contribution in [0.3, 0.4) is 0 Å². The zero-order valence-electron chi connectivity index (χ0n) is 17.8. The highest BCUT2D eigenvalue weighted by Gasteiger charge is 2.42. The highest BCUT2D eigenvalue weighted by Crippen LogP contribution is 2.34. The number of carbonyl (C=O) groups excluding carboxylic acids is 1. The predicted molar refractivity (Wildman–Crippen MR) is 113 cm³/mol. The molecule has 0 aliphatic carbocycles. The maximum Gasteiger partial charge on any atom is 0.227 e. The van der Waals surface area contributed by atoms with Gasteiger partial charge in [-0.2, -0.15) is 5.10 Å². The van der Waals surface area contributed by atoms with Gasteiger partial charge in [0.05, 0.1) is 19.2 Å². The van der Waals surface area contributed by atoms with Gasteiger partial charge in [0.15, 0.2) is 5.82 Å². The summed E-state index contributed by atoms with van der Waals surface area (Å²) in [5.41, 5.74) is 2.02. The minimum atomic E-state index is 0.0106. The Balaban J connectivity index is 1.34. The molecule has 0 bridgehead atoms. The molecule has 0 spiro atoms. The zero-order chi connectivity index (χ0) is 20.6. The molecule has 2 atom stereocenters. The van der Waals surface area contributed by atoms with E-state index in [1.807, 2.05) is 29.2 Å². The lowest BCUT2D eigenvalue weighted by atomic mass is 9.92. The van der Waals surface area contributed by atoms with Crippen molar-refractivity contribution >= 4 is 11.7 Å². The number of fused-ring (bicyclic) bond motifs is 1.